The molecule has 1 aromatic rings. The monoisotopic (exact) mass is 263 g/mol. The number of hydrogen-bond acceptors (Lipinski definition) is 3. The first-order valence-electron chi connectivity index (χ1n) is 6.73. The second-order valence-corrected chi connectivity index (χ2v) is 5.60. The minimum atomic E-state index is -0.720. The van der Waals surface area contributed by atoms with Crippen molar-refractivity contribution in [3.8, 4) is 5.75 Å². The first kappa shape index (κ1) is 13.7. The molecule has 0 amide bonds. The number of carbonyl (C=O) groups is 1. The molecule has 1 aliphatic rings. The van der Waals surface area contributed by atoms with Crippen LogP contribution in [0, 0.1) is 0 Å². The largest absolute Gasteiger partial charge is 0.484 e. The van der Waals surface area contributed by atoms with Crippen molar-refractivity contribution in [3.63, 3.8) is 0 Å². The number of rotatable bonds is 5. The number of nitrogens with zero attached hydrogens (tertiary/aromatic N) is 1. The Bertz CT molecular complexity index is 456. The third-order valence-corrected chi connectivity index (χ3v) is 3.23. The van der Waals surface area contributed by atoms with Gasteiger partial charge in [0, 0.05) is 13.0 Å². The molecule has 0 atom stereocenters. The molecule has 1 N–H and O–H groups in total. The zero-order valence-electron chi connectivity index (χ0n) is 11.6. The minimum absolute atomic E-state index is 0.207. The van der Waals surface area contributed by atoms with E-state index >= 15 is 0 Å². The van der Waals surface area contributed by atoms with Crippen LogP contribution >= 0.6 is 0 Å². The normalized spacial score (nSPS) is 16.6. The Balaban J connectivity index is 2.01. The van der Waals surface area contributed by atoms with Gasteiger partial charge in [0.15, 0.2) is 0 Å². The zero-order chi connectivity index (χ0) is 13.9. The smallest absolute Gasteiger partial charge is 0.303 e. The van der Waals surface area contributed by atoms with Crippen LogP contribution in [0.1, 0.15) is 33.1 Å². The molecule has 104 valence electrons. The molecule has 0 aromatic heterocycles. The third kappa shape index (κ3) is 3.63. The van der Waals surface area contributed by atoms with Gasteiger partial charge in [-0.3, -0.25) is 4.79 Å². The average Bonchev–Trinajstić information content (AvgIpc) is 2.33. The molecule has 0 fully saturated rings. The van der Waals surface area contributed by atoms with Gasteiger partial charge in [-0.05, 0) is 38.8 Å². The first-order valence-corrected chi connectivity index (χ1v) is 6.73. The molecule has 0 saturated carbocycles. The van der Waals surface area contributed by atoms with Crippen LogP contribution in [0.2, 0.25) is 0 Å². The Kier molecular flexibility index (Phi) is 3.98. The SMILES string of the molecule is CC1(C)CN(CCCCC(=O)O)c2ccccc2O1. The predicted molar refractivity (Wildman–Crippen MR) is 74.8 cm³/mol. The Morgan fingerprint density at radius 1 is 1.37 bits per heavy atom. The maximum Gasteiger partial charge on any atom is 0.303 e. The summed E-state index contributed by atoms with van der Waals surface area (Å²) in [6.45, 7) is 5.86. The van der Waals surface area contributed by atoms with Gasteiger partial charge in [-0.25, -0.2) is 0 Å². The zero-order valence-corrected chi connectivity index (χ0v) is 11.6. The van der Waals surface area contributed by atoms with Gasteiger partial charge < -0.3 is 14.7 Å². The molecule has 0 radical (unpaired) electrons. The van der Waals surface area contributed by atoms with E-state index in [0.717, 1.165) is 37.4 Å². The molecule has 0 spiro atoms. The topological polar surface area (TPSA) is 49.8 Å². The lowest BCUT2D eigenvalue weighted by atomic mass is 10.0. The summed E-state index contributed by atoms with van der Waals surface area (Å²) in [6.07, 6.45) is 1.85. The van der Waals surface area contributed by atoms with Crippen LogP contribution in [0.15, 0.2) is 24.3 Å². The van der Waals surface area contributed by atoms with Crippen molar-refractivity contribution < 1.29 is 14.6 Å². The van der Waals surface area contributed by atoms with E-state index in [0.29, 0.717) is 0 Å². The van der Waals surface area contributed by atoms with Gasteiger partial charge in [-0.15, -0.1) is 0 Å². The Hall–Kier alpha value is -1.71. The summed E-state index contributed by atoms with van der Waals surface area (Å²) in [7, 11) is 0. The van der Waals surface area contributed by atoms with Crippen molar-refractivity contribution in [2.45, 2.75) is 38.7 Å². The fraction of sp³-hybridized carbons (Fsp3) is 0.533. The molecule has 2 rings (SSSR count). The quantitative estimate of drug-likeness (QED) is 0.830. The third-order valence-electron chi connectivity index (χ3n) is 3.23. The molecule has 1 aromatic carbocycles. The van der Waals surface area contributed by atoms with Gasteiger partial charge in [-0.1, -0.05) is 12.1 Å². The number of carboxylic acid groups (broad SMARTS) is 1. The molecule has 0 aliphatic carbocycles. The number of para-hydroxylation sites is 2. The van der Waals surface area contributed by atoms with E-state index in [-0.39, 0.29) is 12.0 Å². The lowest BCUT2D eigenvalue weighted by Crippen LogP contribution is -2.47. The Morgan fingerprint density at radius 2 is 2.11 bits per heavy atom. The van der Waals surface area contributed by atoms with Crippen molar-refractivity contribution in [2.75, 3.05) is 18.0 Å². The van der Waals surface area contributed by atoms with Crippen molar-refractivity contribution in [2.24, 2.45) is 0 Å². The molecule has 1 heterocycles. The van der Waals surface area contributed by atoms with Crippen LogP contribution in [0.5, 0.6) is 5.75 Å². The van der Waals surface area contributed by atoms with Crippen molar-refractivity contribution in [1.29, 1.82) is 0 Å². The number of benzene rings is 1. The molecular weight excluding hydrogens is 242 g/mol. The average molecular weight is 263 g/mol. The second-order valence-electron chi connectivity index (χ2n) is 5.60. The summed E-state index contributed by atoms with van der Waals surface area (Å²) < 4.78 is 5.96. The predicted octanol–water partition coefficient (Wildman–Crippen LogP) is 2.92. The summed E-state index contributed by atoms with van der Waals surface area (Å²) in [5, 5.41) is 8.66. The standard InChI is InChI=1S/C15H21NO3/c1-15(2)11-16(10-6-5-9-14(17)18)12-7-3-4-8-13(12)19-15/h3-4,7-8H,5-6,9-11H2,1-2H3,(H,17,18). The number of aliphatic carboxylic acids is 1. The maximum atomic E-state index is 10.5. The number of hydrogen-bond donors (Lipinski definition) is 1. The Morgan fingerprint density at radius 3 is 2.84 bits per heavy atom. The van der Waals surface area contributed by atoms with Crippen LogP contribution < -0.4 is 9.64 Å². The van der Waals surface area contributed by atoms with Gasteiger partial charge in [0.2, 0.25) is 0 Å². The molecule has 19 heavy (non-hydrogen) atoms. The number of fused-ring (bicyclic) bond motifs is 1. The Labute approximate surface area is 114 Å². The van der Waals surface area contributed by atoms with Crippen LogP contribution in [0.3, 0.4) is 0 Å². The van der Waals surface area contributed by atoms with E-state index in [9.17, 15) is 4.79 Å². The van der Waals surface area contributed by atoms with Crippen molar-refractivity contribution in [3.05, 3.63) is 24.3 Å². The fourth-order valence-corrected chi connectivity index (χ4v) is 2.46. The van der Waals surface area contributed by atoms with E-state index in [1.807, 2.05) is 18.2 Å². The molecule has 0 unspecified atom stereocenters. The first-order chi connectivity index (χ1) is 8.98. The van der Waals surface area contributed by atoms with Gasteiger partial charge in [-0.2, -0.15) is 0 Å². The number of unbranched alkanes of at least 4 members (excludes halogenated alkanes) is 1. The highest BCUT2D eigenvalue weighted by atomic mass is 16.5. The van der Waals surface area contributed by atoms with Crippen molar-refractivity contribution in [1.82, 2.24) is 0 Å². The number of carboxylic acids is 1. The van der Waals surface area contributed by atoms with Gasteiger partial charge in [0.25, 0.3) is 0 Å². The van der Waals surface area contributed by atoms with E-state index in [4.69, 9.17) is 9.84 Å². The van der Waals surface area contributed by atoms with Gasteiger partial charge in [0.1, 0.15) is 11.4 Å². The summed E-state index contributed by atoms with van der Waals surface area (Å²) in [6, 6.07) is 8.02. The van der Waals surface area contributed by atoms with Crippen LogP contribution in [-0.2, 0) is 4.79 Å². The lowest BCUT2D eigenvalue weighted by Gasteiger charge is -2.41. The number of ether oxygens (including phenoxy) is 1. The highest BCUT2D eigenvalue weighted by Gasteiger charge is 2.30. The van der Waals surface area contributed by atoms with E-state index in [1.54, 1.807) is 0 Å². The van der Waals surface area contributed by atoms with E-state index in [2.05, 4.69) is 24.8 Å². The van der Waals surface area contributed by atoms with Crippen LogP contribution in [-0.4, -0.2) is 29.8 Å². The number of anilines is 1. The van der Waals surface area contributed by atoms with Crippen LogP contribution in [0.4, 0.5) is 5.69 Å². The summed E-state index contributed by atoms with van der Waals surface area (Å²) in [5.41, 5.74) is 0.901. The fourth-order valence-electron chi connectivity index (χ4n) is 2.46. The molecule has 1 aliphatic heterocycles. The maximum absolute atomic E-state index is 10.5. The van der Waals surface area contributed by atoms with E-state index < -0.39 is 5.97 Å². The molecule has 4 heteroatoms. The van der Waals surface area contributed by atoms with E-state index in [1.165, 1.54) is 0 Å². The van der Waals surface area contributed by atoms with Crippen LogP contribution in [0.25, 0.3) is 0 Å². The van der Waals surface area contributed by atoms with Gasteiger partial charge in [0.05, 0.1) is 12.2 Å². The molecule has 4 nitrogen and oxygen atoms in total. The molecule has 0 bridgehead atoms. The van der Waals surface area contributed by atoms with Gasteiger partial charge >= 0.3 is 5.97 Å². The lowest BCUT2D eigenvalue weighted by molar-refractivity contribution is -0.137. The molecular formula is C15H21NO3. The highest BCUT2D eigenvalue weighted by molar-refractivity contribution is 5.66. The highest BCUT2D eigenvalue weighted by Crippen LogP contribution is 2.36. The van der Waals surface area contributed by atoms with Crippen molar-refractivity contribution >= 4 is 11.7 Å². The molecule has 0 saturated heterocycles. The summed E-state index contributed by atoms with van der Waals surface area (Å²) in [4.78, 5) is 12.8. The summed E-state index contributed by atoms with van der Waals surface area (Å²) in [5.74, 6) is 0.194. The second kappa shape index (κ2) is 5.51. The summed E-state index contributed by atoms with van der Waals surface area (Å²) >= 11 is 0. The minimum Gasteiger partial charge on any atom is -0.484 e.